The molecular weight excluding hydrogens is 264 g/mol. The summed E-state index contributed by atoms with van der Waals surface area (Å²) in [6.45, 7) is 4.66. The standard InChI is InChI=1S/C16H22N4O/c1-4-20-15(8-12-18-20)16(21,9-5-13-19(2)3)14-6-10-17-11-7-14/h4,6-8,10-12,21H,1,5,9,13H2,2-3H3. The van der Waals surface area contributed by atoms with E-state index in [0.29, 0.717) is 6.42 Å². The zero-order valence-corrected chi connectivity index (χ0v) is 12.6. The highest BCUT2D eigenvalue weighted by Crippen LogP contribution is 2.33. The van der Waals surface area contributed by atoms with Gasteiger partial charge in [-0.25, -0.2) is 4.68 Å². The van der Waals surface area contributed by atoms with E-state index in [-0.39, 0.29) is 0 Å². The van der Waals surface area contributed by atoms with Crippen LogP contribution in [0, 0.1) is 0 Å². The fourth-order valence-electron chi connectivity index (χ4n) is 2.49. The van der Waals surface area contributed by atoms with Gasteiger partial charge in [-0.15, -0.1) is 0 Å². The van der Waals surface area contributed by atoms with Crippen LogP contribution in [0.15, 0.2) is 43.4 Å². The molecule has 0 bridgehead atoms. The minimum atomic E-state index is -1.09. The van der Waals surface area contributed by atoms with Crippen LogP contribution in [0.1, 0.15) is 24.1 Å². The summed E-state index contributed by atoms with van der Waals surface area (Å²) in [5.41, 5.74) is 0.450. The van der Waals surface area contributed by atoms with Crippen molar-refractivity contribution in [1.29, 1.82) is 0 Å². The van der Waals surface area contributed by atoms with Gasteiger partial charge in [0.25, 0.3) is 0 Å². The summed E-state index contributed by atoms with van der Waals surface area (Å²) < 4.78 is 1.62. The molecule has 0 saturated heterocycles. The van der Waals surface area contributed by atoms with Gasteiger partial charge in [0.15, 0.2) is 0 Å². The molecule has 1 N–H and O–H groups in total. The molecule has 0 amide bonds. The molecule has 1 atom stereocenters. The van der Waals surface area contributed by atoms with Crippen LogP contribution in [0.4, 0.5) is 0 Å². The monoisotopic (exact) mass is 286 g/mol. The summed E-state index contributed by atoms with van der Waals surface area (Å²) in [5, 5.41) is 15.5. The second-order valence-electron chi connectivity index (χ2n) is 5.35. The molecule has 2 heterocycles. The van der Waals surface area contributed by atoms with Gasteiger partial charge < -0.3 is 10.0 Å². The van der Waals surface area contributed by atoms with Gasteiger partial charge in [-0.3, -0.25) is 4.98 Å². The van der Waals surface area contributed by atoms with E-state index in [1.54, 1.807) is 29.5 Å². The maximum atomic E-state index is 11.3. The summed E-state index contributed by atoms with van der Waals surface area (Å²) in [5.74, 6) is 0. The molecule has 0 aliphatic heterocycles. The zero-order valence-electron chi connectivity index (χ0n) is 12.6. The van der Waals surface area contributed by atoms with Crippen LogP contribution in [0.25, 0.3) is 6.20 Å². The molecule has 0 radical (unpaired) electrons. The highest BCUT2D eigenvalue weighted by atomic mass is 16.3. The van der Waals surface area contributed by atoms with E-state index in [2.05, 4.69) is 21.6 Å². The quantitative estimate of drug-likeness (QED) is 0.845. The van der Waals surface area contributed by atoms with E-state index >= 15 is 0 Å². The highest BCUT2D eigenvalue weighted by Gasteiger charge is 2.34. The predicted octanol–water partition coefficient (Wildman–Crippen LogP) is 1.96. The van der Waals surface area contributed by atoms with Crippen molar-refractivity contribution in [3.05, 3.63) is 54.6 Å². The number of pyridine rings is 1. The first-order valence-electron chi connectivity index (χ1n) is 7.02. The van der Waals surface area contributed by atoms with Crippen molar-refractivity contribution in [2.75, 3.05) is 20.6 Å². The summed E-state index contributed by atoms with van der Waals surface area (Å²) in [6, 6.07) is 5.52. The Morgan fingerprint density at radius 3 is 2.62 bits per heavy atom. The van der Waals surface area contributed by atoms with Crippen molar-refractivity contribution < 1.29 is 5.11 Å². The molecule has 1 unspecified atom stereocenters. The summed E-state index contributed by atoms with van der Waals surface area (Å²) in [7, 11) is 4.05. The van der Waals surface area contributed by atoms with Crippen LogP contribution < -0.4 is 0 Å². The minimum absolute atomic E-state index is 0.606. The average molecular weight is 286 g/mol. The number of aliphatic hydroxyl groups is 1. The molecule has 2 rings (SSSR count). The minimum Gasteiger partial charge on any atom is -0.379 e. The maximum Gasteiger partial charge on any atom is 0.132 e. The van der Waals surface area contributed by atoms with Crippen LogP contribution >= 0.6 is 0 Å². The van der Waals surface area contributed by atoms with E-state index < -0.39 is 5.60 Å². The first-order chi connectivity index (χ1) is 10.1. The van der Waals surface area contributed by atoms with Crippen molar-refractivity contribution in [3.63, 3.8) is 0 Å². The molecule has 0 aromatic carbocycles. The van der Waals surface area contributed by atoms with Gasteiger partial charge in [-0.2, -0.15) is 5.10 Å². The Morgan fingerprint density at radius 1 is 1.29 bits per heavy atom. The molecule has 2 aromatic rings. The number of hydrogen-bond acceptors (Lipinski definition) is 4. The van der Waals surface area contributed by atoms with Gasteiger partial charge in [-0.1, -0.05) is 6.58 Å². The molecule has 5 nitrogen and oxygen atoms in total. The topological polar surface area (TPSA) is 54.2 Å². The third kappa shape index (κ3) is 3.37. The SMILES string of the molecule is C=Cn1nccc1C(O)(CCCN(C)C)c1ccncc1. The molecular formula is C16H22N4O. The molecule has 2 aromatic heterocycles. The van der Waals surface area contributed by atoms with Crippen LogP contribution in [0.5, 0.6) is 0 Å². The molecule has 0 saturated carbocycles. The fourth-order valence-corrected chi connectivity index (χ4v) is 2.49. The van der Waals surface area contributed by atoms with Crippen molar-refractivity contribution in [1.82, 2.24) is 19.7 Å². The van der Waals surface area contributed by atoms with Crippen LogP contribution in [0.3, 0.4) is 0 Å². The molecule has 21 heavy (non-hydrogen) atoms. The van der Waals surface area contributed by atoms with Gasteiger partial charge in [0.1, 0.15) is 5.60 Å². The summed E-state index contributed by atoms with van der Waals surface area (Å²) in [4.78, 5) is 6.14. The van der Waals surface area contributed by atoms with Crippen molar-refractivity contribution in [2.24, 2.45) is 0 Å². The molecule has 112 valence electrons. The first kappa shape index (κ1) is 15.4. The van der Waals surface area contributed by atoms with Crippen LogP contribution in [0.2, 0.25) is 0 Å². The Hall–Kier alpha value is -1.98. The zero-order chi connectivity index (χ0) is 15.3. The molecule has 0 spiro atoms. The Labute approximate surface area is 125 Å². The Bertz CT molecular complexity index is 579. The summed E-state index contributed by atoms with van der Waals surface area (Å²) in [6.07, 6.45) is 8.15. The van der Waals surface area contributed by atoms with Gasteiger partial charge in [0, 0.05) is 24.8 Å². The lowest BCUT2D eigenvalue weighted by atomic mass is 9.86. The summed E-state index contributed by atoms with van der Waals surface area (Å²) >= 11 is 0. The molecule has 0 fully saturated rings. The lowest BCUT2D eigenvalue weighted by Gasteiger charge is -2.29. The largest absolute Gasteiger partial charge is 0.379 e. The highest BCUT2D eigenvalue weighted by molar-refractivity contribution is 5.34. The normalized spacial score (nSPS) is 14.1. The van der Waals surface area contributed by atoms with E-state index in [9.17, 15) is 5.11 Å². The van der Waals surface area contributed by atoms with Crippen molar-refractivity contribution in [2.45, 2.75) is 18.4 Å². The number of rotatable bonds is 7. The Morgan fingerprint density at radius 2 is 2.00 bits per heavy atom. The number of aromatic nitrogens is 3. The van der Waals surface area contributed by atoms with Crippen LogP contribution in [-0.4, -0.2) is 45.4 Å². The first-order valence-corrected chi connectivity index (χ1v) is 7.02. The van der Waals surface area contributed by atoms with Crippen molar-refractivity contribution in [3.8, 4) is 0 Å². The van der Waals surface area contributed by atoms with Gasteiger partial charge in [0.2, 0.25) is 0 Å². The predicted molar refractivity (Wildman–Crippen MR) is 83.6 cm³/mol. The second kappa shape index (κ2) is 6.65. The average Bonchev–Trinajstić information content (AvgIpc) is 2.96. The smallest absolute Gasteiger partial charge is 0.132 e. The second-order valence-corrected chi connectivity index (χ2v) is 5.35. The molecule has 0 aliphatic carbocycles. The lowest BCUT2D eigenvalue weighted by Crippen LogP contribution is -2.31. The third-order valence-electron chi connectivity index (χ3n) is 3.57. The fraction of sp³-hybridized carbons (Fsp3) is 0.375. The number of hydrogen-bond donors (Lipinski definition) is 1. The lowest BCUT2D eigenvalue weighted by molar-refractivity contribution is 0.0599. The van der Waals surface area contributed by atoms with Crippen molar-refractivity contribution >= 4 is 6.20 Å². The Balaban J connectivity index is 2.37. The molecule has 5 heteroatoms. The van der Waals surface area contributed by atoms with Gasteiger partial charge >= 0.3 is 0 Å². The van der Waals surface area contributed by atoms with Gasteiger partial charge in [0.05, 0.1) is 5.69 Å². The maximum absolute atomic E-state index is 11.3. The van der Waals surface area contributed by atoms with E-state index in [1.807, 2.05) is 32.3 Å². The van der Waals surface area contributed by atoms with Gasteiger partial charge in [-0.05, 0) is 57.2 Å². The van der Waals surface area contributed by atoms with E-state index in [1.165, 1.54) is 0 Å². The Kier molecular flexibility index (Phi) is 4.88. The molecule has 0 aliphatic rings. The number of nitrogens with zero attached hydrogens (tertiary/aromatic N) is 4. The third-order valence-corrected chi connectivity index (χ3v) is 3.57. The van der Waals surface area contributed by atoms with E-state index in [0.717, 1.165) is 24.2 Å². The van der Waals surface area contributed by atoms with E-state index in [4.69, 9.17) is 0 Å². The van der Waals surface area contributed by atoms with Crippen LogP contribution in [-0.2, 0) is 5.60 Å².